The van der Waals surface area contributed by atoms with Crippen LogP contribution in [0.2, 0.25) is 0 Å². The first-order valence-electron chi connectivity index (χ1n) is 4.37. The summed E-state index contributed by atoms with van der Waals surface area (Å²) in [6.45, 7) is -1.03. The van der Waals surface area contributed by atoms with Gasteiger partial charge in [-0.3, -0.25) is 10.1 Å². The molecule has 1 N–H and O–H groups in total. The molecule has 0 saturated carbocycles. The molecule has 1 heterocycles. The van der Waals surface area contributed by atoms with Gasteiger partial charge in [0.25, 0.3) is 11.6 Å². The largest absolute Gasteiger partial charge is 0.573 e. The molecule has 0 amide bonds. The van der Waals surface area contributed by atoms with Gasteiger partial charge in [-0.1, -0.05) is 0 Å². The standard InChI is InChI=1S/C8H7F3N2O5/c1-17-7-6(18-8(9,10)11)4(3-14)5(2-12-7)13(15)16/h2,14H,3H2,1H3. The highest BCUT2D eigenvalue weighted by Gasteiger charge is 2.36. The van der Waals surface area contributed by atoms with Crippen molar-refractivity contribution in [2.45, 2.75) is 13.0 Å². The Hall–Kier alpha value is -2.10. The molecule has 0 aliphatic carbocycles. The predicted octanol–water partition coefficient (Wildman–Crippen LogP) is 1.39. The van der Waals surface area contributed by atoms with Crippen molar-refractivity contribution in [1.82, 2.24) is 4.98 Å². The quantitative estimate of drug-likeness (QED) is 0.655. The van der Waals surface area contributed by atoms with Gasteiger partial charge in [0.1, 0.15) is 11.8 Å². The molecule has 1 aromatic rings. The Balaban J connectivity index is 3.41. The second-order valence-corrected chi connectivity index (χ2v) is 2.92. The summed E-state index contributed by atoms with van der Waals surface area (Å²) in [4.78, 5) is 12.9. The lowest BCUT2D eigenvalue weighted by molar-refractivity contribution is -0.386. The fourth-order valence-electron chi connectivity index (χ4n) is 1.18. The molecule has 0 saturated heterocycles. The van der Waals surface area contributed by atoms with E-state index in [0.717, 1.165) is 7.11 Å². The summed E-state index contributed by atoms with van der Waals surface area (Å²) in [5, 5.41) is 19.5. The van der Waals surface area contributed by atoms with Crippen LogP contribution >= 0.6 is 0 Å². The van der Waals surface area contributed by atoms with Gasteiger partial charge in [0.15, 0.2) is 0 Å². The van der Waals surface area contributed by atoms with Gasteiger partial charge >= 0.3 is 6.36 Å². The van der Waals surface area contributed by atoms with Gasteiger partial charge in [0.05, 0.1) is 18.6 Å². The minimum atomic E-state index is -5.09. The highest BCUT2D eigenvalue weighted by Crippen LogP contribution is 2.38. The summed E-state index contributed by atoms with van der Waals surface area (Å²) in [7, 11) is 1.01. The number of aliphatic hydroxyl groups excluding tert-OH is 1. The zero-order chi connectivity index (χ0) is 13.9. The number of hydrogen-bond donors (Lipinski definition) is 1. The number of methoxy groups -OCH3 is 1. The van der Waals surface area contributed by atoms with Gasteiger partial charge in [-0.15, -0.1) is 13.2 Å². The summed E-state index contributed by atoms with van der Waals surface area (Å²) >= 11 is 0. The lowest BCUT2D eigenvalue weighted by Gasteiger charge is -2.14. The maximum Gasteiger partial charge on any atom is 0.573 e. The fourth-order valence-corrected chi connectivity index (χ4v) is 1.18. The van der Waals surface area contributed by atoms with Crippen LogP contribution in [0.4, 0.5) is 18.9 Å². The molecular formula is C8H7F3N2O5. The van der Waals surface area contributed by atoms with Crippen LogP contribution in [-0.4, -0.2) is 28.5 Å². The number of alkyl halides is 3. The Labute approximate surface area is 97.9 Å². The van der Waals surface area contributed by atoms with E-state index in [4.69, 9.17) is 5.11 Å². The number of nitro groups is 1. The van der Waals surface area contributed by atoms with E-state index >= 15 is 0 Å². The van der Waals surface area contributed by atoms with Crippen LogP contribution in [0.15, 0.2) is 6.20 Å². The van der Waals surface area contributed by atoms with Gasteiger partial charge in [-0.25, -0.2) is 4.98 Å². The third kappa shape index (κ3) is 2.97. The van der Waals surface area contributed by atoms with Gasteiger partial charge in [-0.05, 0) is 0 Å². The van der Waals surface area contributed by atoms with Crippen LogP contribution in [0.3, 0.4) is 0 Å². The van der Waals surface area contributed by atoms with E-state index < -0.39 is 40.8 Å². The van der Waals surface area contributed by atoms with E-state index in [9.17, 15) is 23.3 Å². The van der Waals surface area contributed by atoms with Crippen LogP contribution in [0.1, 0.15) is 5.56 Å². The molecule has 100 valence electrons. The van der Waals surface area contributed by atoms with Gasteiger partial charge in [0.2, 0.25) is 5.75 Å². The molecule has 1 aromatic heterocycles. The predicted molar refractivity (Wildman–Crippen MR) is 50.0 cm³/mol. The number of nitrogens with zero attached hydrogens (tertiary/aromatic N) is 2. The van der Waals surface area contributed by atoms with Crippen molar-refractivity contribution < 1.29 is 32.7 Å². The van der Waals surface area contributed by atoms with E-state index in [1.807, 2.05) is 0 Å². The number of rotatable bonds is 4. The Morgan fingerprint density at radius 2 is 2.17 bits per heavy atom. The molecule has 0 unspecified atom stereocenters. The molecule has 1 rings (SSSR count). The molecule has 0 spiro atoms. The Morgan fingerprint density at radius 1 is 1.56 bits per heavy atom. The molecule has 0 aliphatic rings. The lowest BCUT2D eigenvalue weighted by Crippen LogP contribution is -2.19. The van der Waals surface area contributed by atoms with E-state index in [1.54, 1.807) is 0 Å². The first-order chi connectivity index (χ1) is 8.30. The molecule has 0 atom stereocenters. The Morgan fingerprint density at radius 3 is 2.56 bits per heavy atom. The van der Waals surface area contributed by atoms with Crippen molar-refractivity contribution in [2.24, 2.45) is 0 Å². The zero-order valence-electron chi connectivity index (χ0n) is 8.89. The fraction of sp³-hybridized carbons (Fsp3) is 0.375. The molecular weight excluding hydrogens is 261 g/mol. The topological polar surface area (TPSA) is 94.7 Å². The van der Waals surface area contributed by atoms with Crippen molar-refractivity contribution in [2.75, 3.05) is 7.11 Å². The molecule has 7 nitrogen and oxygen atoms in total. The van der Waals surface area contributed by atoms with E-state index in [-0.39, 0.29) is 0 Å². The smallest absolute Gasteiger partial charge is 0.478 e. The molecule has 0 radical (unpaired) electrons. The zero-order valence-corrected chi connectivity index (χ0v) is 8.89. The maximum atomic E-state index is 12.1. The van der Waals surface area contributed by atoms with Crippen LogP contribution in [-0.2, 0) is 6.61 Å². The van der Waals surface area contributed by atoms with Gasteiger partial charge in [0, 0.05) is 0 Å². The van der Waals surface area contributed by atoms with Crippen molar-refractivity contribution >= 4 is 5.69 Å². The molecule has 10 heteroatoms. The normalized spacial score (nSPS) is 11.2. The van der Waals surface area contributed by atoms with E-state index in [2.05, 4.69) is 14.5 Å². The van der Waals surface area contributed by atoms with Crippen LogP contribution in [0.5, 0.6) is 11.6 Å². The summed E-state index contributed by atoms with van der Waals surface area (Å²) in [5.41, 5.74) is -1.46. The van der Waals surface area contributed by atoms with Crippen molar-refractivity contribution in [3.63, 3.8) is 0 Å². The van der Waals surface area contributed by atoms with Gasteiger partial charge < -0.3 is 14.6 Å². The number of hydrogen-bond acceptors (Lipinski definition) is 6. The Kier molecular flexibility index (Phi) is 3.91. The van der Waals surface area contributed by atoms with E-state index in [1.165, 1.54) is 0 Å². The molecule has 0 bridgehead atoms. The highest BCUT2D eigenvalue weighted by molar-refractivity contribution is 5.52. The lowest BCUT2D eigenvalue weighted by atomic mass is 10.2. The number of ether oxygens (including phenoxy) is 2. The van der Waals surface area contributed by atoms with Crippen molar-refractivity contribution in [3.8, 4) is 11.6 Å². The second-order valence-electron chi connectivity index (χ2n) is 2.92. The average Bonchev–Trinajstić information content (AvgIpc) is 2.26. The van der Waals surface area contributed by atoms with Crippen LogP contribution in [0, 0.1) is 10.1 Å². The number of pyridine rings is 1. The second kappa shape index (κ2) is 5.04. The summed E-state index contributed by atoms with van der Waals surface area (Å²) in [5.74, 6) is -1.64. The molecule has 18 heavy (non-hydrogen) atoms. The number of aromatic nitrogens is 1. The third-order valence-electron chi connectivity index (χ3n) is 1.85. The van der Waals surface area contributed by atoms with E-state index in [0.29, 0.717) is 6.20 Å². The van der Waals surface area contributed by atoms with Crippen molar-refractivity contribution in [1.29, 1.82) is 0 Å². The Bertz CT molecular complexity index is 463. The van der Waals surface area contributed by atoms with Crippen LogP contribution < -0.4 is 9.47 Å². The molecule has 0 aromatic carbocycles. The minimum absolute atomic E-state index is 0.609. The first-order valence-corrected chi connectivity index (χ1v) is 4.37. The minimum Gasteiger partial charge on any atom is -0.478 e. The monoisotopic (exact) mass is 268 g/mol. The van der Waals surface area contributed by atoms with Crippen molar-refractivity contribution in [3.05, 3.63) is 21.9 Å². The average molecular weight is 268 g/mol. The SMILES string of the molecule is COc1ncc([N+](=O)[O-])c(CO)c1OC(F)(F)F. The molecule has 0 aliphatic heterocycles. The maximum absolute atomic E-state index is 12.1. The molecule has 0 fully saturated rings. The number of halogens is 3. The highest BCUT2D eigenvalue weighted by atomic mass is 19.4. The third-order valence-corrected chi connectivity index (χ3v) is 1.85. The van der Waals surface area contributed by atoms with Gasteiger partial charge in [-0.2, -0.15) is 0 Å². The first kappa shape index (κ1) is 14.0. The summed E-state index contributed by atoms with van der Waals surface area (Å²) in [6.07, 6.45) is -4.41. The van der Waals surface area contributed by atoms with Crippen LogP contribution in [0.25, 0.3) is 0 Å². The summed E-state index contributed by atoms with van der Waals surface area (Å²) in [6, 6.07) is 0. The summed E-state index contributed by atoms with van der Waals surface area (Å²) < 4.78 is 44.5. The number of aliphatic hydroxyl groups is 1.